The first-order chi connectivity index (χ1) is 22.6. The molecule has 7 rings (SSSR count). The van der Waals surface area contributed by atoms with Crippen molar-refractivity contribution in [2.45, 2.75) is 101 Å². The van der Waals surface area contributed by atoms with Gasteiger partial charge in [0.05, 0.1) is 0 Å². The SMILES string of the molecule is CCCC1=Cc2c(-c3ccc(CCC)cc3)cccc2[CH]1[Zr+2]1([CH]2C(CCC)=Cc3c(-c4ccc(CCC)cc4)cccc32)[CH2]C[CH2]1.[Cl-].[Cl-]. The average Bonchev–Trinajstić information content (AvgIpc) is 3.61. The number of allylic oxidation sites excluding steroid dienone is 2. The summed E-state index contributed by atoms with van der Waals surface area (Å²) in [6.07, 6.45) is 16.5. The van der Waals surface area contributed by atoms with E-state index in [4.69, 9.17) is 0 Å². The Morgan fingerprint density at radius 2 is 0.896 bits per heavy atom. The molecule has 0 saturated carbocycles. The van der Waals surface area contributed by atoms with E-state index in [1.54, 1.807) is 33.4 Å². The summed E-state index contributed by atoms with van der Waals surface area (Å²) in [5.74, 6) is 0. The van der Waals surface area contributed by atoms with Gasteiger partial charge in [0.2, 0.25) is 0 Å². The van der Waals surface area contributed by atoms with Crippen LogP contribution < -0.4 is 24.8 Å². The zero-order chi connectivity index (χ0) is 31.7. The molecule has 0 aromatic heterocycles. The van der Waals surface area contributed by atoms with Gasteiger partial charge >= 0.3 is 285 Å². The van der Waals surface area contributed by atoms with Crippen molar-refractivity contribution in [1.29, 1.82) is 0 Å². The van der Waals surface area contributed by atoms with Crippen LogP contribution in [0.25, 0.3) is 34.4 Å². The van der Waals surface area contributed by atoms with Crippen LogP contribution >= 0.6 is 0 Å². The van der Waals surface area contributed by atoms with E-state index < -0.39 is 20.3 Å². The first kappa shape index (κ1) is 37.1. The summed E-state index contributed by atoms with van der Waals surface area (Å²) in [6, 6.07) is 33.6. The number of benzene rings is 4. The second kappa shape index (κ2) is 16.2. The molecular formula is C45H52Cl2Zr. The Kier molecular flexibility index (Phi) is 12.5. The quantitative estimate of drug-likeness (QED) is 0.141. The van der Waals surface area contributed by atoms with E-state index in [1.165, 1.54) is 86.6 Å². The zero-order valence-corrected chi connectivity index (χ0v) is 33.4. The van der Waals surface area contributed by atoms with E-state index in [9.17, 15) is 0 Å². The molecule has 0 amide bonds. The van der Waals surface area contributed by atoms with E-state index in [0.29, 0.717) is 7.25 Å². The zero-order valence-electron chi connectivity index (χ0n) is 29.4. The number of hydrogen-bond donors (Lipinski definition) is 0. The van der Waals surface area contributed by atoms with Crippen LogP contribution in [0.1, 0.15) is 113 Å². The van der Waals surface area contributed by atoms with Gasteiger partial charge in [0.1, 0.15) is 0 Å². The van der Waals surface area contributed by atoms with Crippen LogP contribution in [-0.2, 0) is 33.1 Å². The number of aryl methyl sites for hydroxylation is 2. The molecule has 0 bridgehead atoms. The molecule has 2 unspecified atom stereocenters. The Morgan fingerprint density at radius 3 is 1.23 bits per heavy atom. The first-order valence-corrected chi connectivity index (χ1v) is 24.8. The fraction of sp³-hybridized carbons (Fsp3) is 0.378. The van der Waals surface area contributed by atoms with Crippen LogP contribution in [0.5, 0.6) is 0 Å². The predicted octanol–water partition coefficient (Wildman–Crippen LogP) is 7.50. The summed E-state index contributed by atoms with van der Waals surface area (Å²) in [4.78, 5) is 0. The smallest absolute Gasteiger partial charge is 1.00 e. The first-order valence-electron chi connectivity index (χ1n) is 18.5. The van der Waals surface area contributed by atoms with E-state index in [0.717, 1.165) is 12.8 Å². The van der Waals surface area contributed by atoms with Crippen molar-refractivity contribution < 1.29 is 45.1 Å². The molecule has 4 aromatic rings. The van der Waals surface area contributed by atoms with Gasteiger partial charge in [0.25, 0.3) is 0 Å². The molecule has 2 aliphatic carbocycles. The van der Waals surface area contributed by atoms with Crippen molar-refractivity contribution in [3.05, 3.63) is 129 Å². The van der Waals surface area contributed by atoms with E-state index in [2.05, 4.69) is 125 Å². The third-order valence-electron chi connectivity index (χ3n) is 11.4. The van der Waals surface area contributed by atoms with Crippen LogP contribution in [-0.4, -0.2) is 0 Å². The van der Waals surface area contributed by atoms with Crippen LogP contribution in [0.3, 0.4) is 0 Å². The molecule has 1 saturated heterocycles. The number of hydrogen-bond acceptors (Lipinski definition) is 0. The van der Waals surface area contributed by atoms with Crippen molar-refractivity contribution in [2.75, 3.05) is 0 Å². The van der Waals surface area contributed by atoms with E-state index in [-0.39, 0.29) is 24.8 Å². The third kappa shape index (κ3) is 6.66. The summed E-state index contributed by atoms with van der Waals surface area (Å²) in [7, 11) is 0. The summed E-state index contributed by atoms with van der Waals surface area (Å²) in [5.41, 5.74) is 18.6. The number of fused-ring (bicyclic) bond motifs is 2. The predicted molar refractivity (Wildman–Crippen MR) is 197 cm³/mol. The standard InChI is InChI=1S/2C21H23.C3H6.2ClH.Zr/c2*1-3-6-16-10-12-18(13-11-16)20-9-5-8-19-14-17(7-4-2)15-21(19)20;1-3-2;;;/h2*5,8-15H,3-4,6-7H2,1-2H3;1-3H2;2*1H;/q;;;;;+2/p-2. The van der Waals surface area contributed by atoms with Gasteiger partial charge in [0, 0.05) is 0 Å². The van der Waals surface area contributed by atoms with Gasteiger partial charge in [-0.25, -0.2) is 0 Å². The van der Waals surface area contributed by atoms with Crippen LogP contribution in [0, 0.1) is 0 Å². The molecule has 0 N–H and O–H groups in total. The summed E-state index contributed by atoms with van der Waals surface area (Å²) in [6.45, 7) is 9.33. The Hall–Kier alpha value is -2.18. The molecule has 48 heavy (non-hydrogen) atoms. The number of rotatable bonds is 12. The van der Waals surface area contributed by atoms with Crippen LogP contribution in [0.4, 0.5) is 0 Å². The molecule has 3 heteroatoms. The van der Waals surface area contributed by atoms with Crippen LogP contribution in [0.2, 0.25) is 8.26 Å². The Labute approximate surface area is 307 Å². The molecule has 0 nitrogen and oxygen atoms in total. The van der Waals surface area contributed by atoms with Crippen molar-refractivity contribution in [1.82, 2.24) is 0 Å². The Morgan fingerprint density at radius 1 is 0.500 bits per heavy atom. The topological polar surface area (TPSA) is 0 Å². The second-order valence-corrected chi connectivity index (χ2v) is 25.8. The molecular weight excluding hydrogens is 703 g/mol. The maximum absolute atomic E-state index is 2.85. The molecule has 4 aromatic carbocycles. The largest absolute Gasteiger partial charge is 1.00 e. The molecule has 2 atom stereocenters. The molecule has 250 valence electrons. The third-order valence-corrected chi connectivity index (χ3v) is 26.7. The van der Waals surface area contributed by atoms with E-state index >= 15 is 0 Å². The maximum Gasteiger partial charge on any atom is -1.00 e. The van der Waals surface area contributed by atoms with Crippen molar-refractivity contribution >= 4 is 12.2 Å². The van der Waals surface area contributed by atoms with E-state index in [1.807, 2.05) is 0 Å². The van der Waals surface area contributed by atoms with Gasteiger partial charge in [-0.15, -0.1) is 0 Å². The molecule has 1 fully saturated rings. The van der Waals surface area contributed by atoms with Gasteiger partial charge in [-0.1, -0.05) is 0 Å². The Bertz CT molecular complexity index is 1630. The molecule has 0 spiro atoms. The summed E-state index contributed by atoms with van der Waals surface area (Å²) < 4.78 is 4.45. The minimum atomic E-state index is -2.85. The van der Waals surface area contributed by atoms with Gasteiger partial charge in [0.15, 0.2) is 0 Å². The Balaban J connectivity index is 0.00000225. The normalized spacial score (nSPS) is 17.8. The fourth-order valence-corrected chi connectivity index (χ4v) is 25.0. The van der Waals surface area contributed by atoms with Gasteiger partial charge in [-0.3, -0.25) is 0 Å². The molecule has 1 aliphatic heterocycles. The van der Waals surface area contributed by atoms with Crippen molar-refractivity contribution in [3.8, 4) is 22.3 Å². The summed E-state index contributed by atoms with van der Waals surface area (Å²) in [5, 5.41) is 0. The monoisotopic (exact) mass is 752 g/mol. The maximum atomic E-state index is 2.68. The van der Waals surface area contributed by atoms with Crippen LogP contribution in [0.15, 0.2) is 96.1 Å². The second-order valence-electron chi connectivity index (χ2n) is 14.4. The molecule has 1 heterocycles. The van der Waals surface area contributed by atoms with Gasteiger partial charge in [-0.2, -0.15) is 0 Å². The molecule has 3 aliphatic rings. The minimum absolute atomic E-state index is 0. The van der Waals surface area contributed by atoms with Crippen molar-refractivity contribution in [2.24, 2.45) is 0 Å². The van der Waals surface area contributed by atoms with Crippen molar-refractivity contribution in [3.63, 3.8) is 0 Å². The fourth-order valence-electron chi connectivity index (χ4n) is 9.41. The molecule has 0 radical (unpaired) electrons. The van der Waals surface area contributed by atoms with Gasteiger partial charge in [-0.05, 0) is 0 Å². The average molecular weight is 755 g/mol. The minimum Gasteiger partial charge on any atom is -1.00 e. The summed E-state index contributed by atoms with van der Waals surface area (Å²) >= 11 is -2.85. The van der Waals surface area contributed by atoms with Gasteiger partial charge < -0.3 is 24.8 Å². The number of halogens is 2.